The van der Waals surface area contributed by atoms with Gasteiger partial charge in [-0.25, -0.2) is 4.99 Å². The maximum atomic E-state index is 11.9. The first-order chi connectivity index (χ1) is 12.6. The molecule has 2 fully saturated rings. The van der Waals surface area contributed by atoms with E-state index < -0.39 is 0 Å². The van der Waals surface area contributed by atoms with Crippen molar-refractivity contribution < 1.29 is 14.3 Å². The maximum Gasteiger partial charge on any atom is 0.243 e. The number of nitrogens with one attached hydrogen (secondary N) is 1. The number of carbonyl (C=O) groups excluding carboxylic acids is 1. The Labute approximate surface area is 180 Å². The van der Waals surface area contributed by atoms with Crippen LogP contribution in [0.15, 0.2) is 4.99 Å². The molecule has 158 valence electrons. The number of ether oxygens (including phenoxy) is 2. The third-order valence-corrected chi connectivity index (χ3v) is 4.84. The average Bonchev–Trinajstić information content (AvgIpc) is 3.14. The Bertz CT molecular complexity index is 458. The summed E-state index contributed by atoms with van der Waals surface area (Å²) >= 11 is 0. The molecule has 27 heavy (non-hydrogen) atoms. The summed E-state index contributed by atoms with van der Waals surface area (Å²) in [6, 6.07) is 0.541. The molecule has 2 saturated heterocycles. The van der Waals surface area contributed by atoms with Crippen LogP contribution in [0.2, 0.25) is 0 Å². The number of guanidine groups is 1. The van der Waals surface area contributed by atoms with Crippen LogP contribution < -0.4 is 5.32 Å². The molecule has 1 N–H and O–H groups in total. The van der Waals surface area contributed by atoms with Gasteiger partial charge in [-0.15, -0.1) is 24.0 Å². The first kappa shape index (κ1) is 24.4. The highest BCUT2D eigenvalue weighted by molar-refractivity contribution is 14.0. The minimum absolute atomic E-state index is 0. The molecule has 0 aromatic rings. The molecule has 1 unspecified atom stereocenters. The second-order valence-electron chi connectivity index (χ2n) is 6.94. The number of rotatable bonds is 8. The van der Waals surface area contributed by atoms with Gasteiger partial charge in [0.05, 0.1) is 13.2 Å². The highest BCUT2D eigenvalue weighted by Gasteiger charge is 2.30. The van der Waals surface area contributed by atoms with Crippen LogP contribution in [0.4, 0.5) is 0 Å². The maximum absolute atomic E-state index is 11.9. The van der Waals surface area contributed by atoms with Crippen molar-refractivity contribution in [3.63, 3.8) is 0 Å². The number of amides is 1. The van der Waals surface area contributed by atoms with Crippen LogP contribution in [0, 0.1) is 0 Å². The second-order valence-corrected chi connectivity index (χ2v) is 6.94. The third-order valence-electron chi connectivity index (χ3n) is 4.84. The Morgan fingerprint density at radius 2 is 2.04 bits per heavy atom. The van der Waals surface area contributed by atoms with Crippen molar-refractivity contribution in [2.45, 2.75) is 25.8 Å². The van der Waals surface area contributed by atoms with Crippen molar-refractivity contribution in [1.82, 2.24) is 20.0 Å². The molecule has 0 radical (unpaired) electrons. The van der Waals surface area contributed by atoms with Crippen molar-refractivity contribution in [1.29, 1.82) is 0 Å². The van der Waals surface area contributed by atoms with Crippen LogP contribution in [0.1, 0.15) is 19.8 Å². The number of hydrogen-bond acceptors (Lipinski definition) is 5. The van der Waals surface area contributed by atoms with E-state index in [1.807, 2.05) is 6.92 Å². The lowest BCUT2D eigenvalue weighted by molar-refractivity contribution is -0.127. The van der Waals surface area contributed by atoms with Crippen LogP contribution in [-0.4, -0.2) is 112 Å². The van der Waals surface area contributed by atoms with Gasteiger partial charge in [0, 0.05) is 66.1 Å². The van der Waals surface area contributed by atoms with Gasteiger partial charge in [-0.2, -0.15) is 0 Å². The summed E-state index contributed by atoms with van der Waals surface area (Å²) in [5, 5.41) is 3.42. The standard InChI is InChI=1S/C18H35N5O3.HI/c1-4-25-11-5-7-19-18(20-14-17(24)21(2)3)23-8-6-16(15-23)22-9-12-26-13-10-22;/h16H,4-15H2,1-3H3,(H,19,20);1H. The summed E-state index contributed by atoms with van der Waals surface area (Å²) in [6.45, 7) is 10.0. The number of halogens is 1. The highest BCUT2D eigenvalue weighted by Crippen LogP contribution is 2.17. The van der Waals surface area contributed by atoms with E-state index in [0.29, 0.717) is 6.04 Å². The fourth-order valence-corrected chi connectivity index (χ4v) is 3.25. The quantitative estimate of drug-likeness (QED) is 0.228. The molecular formula is C18H36IN5O3. The third kappa shape index (κ3) is 8.49. The van der Waals surface area contributed by atoms with Gasteiger partial charge in [-0.3, -0.25) is 9.69 Å². The number of aliphatic imine (C=N–C) groups is 1. The molecule has 1 amide bonds. The monoisotopic (exact) mass is 497 g/mol. The number of likely N-dealkylation sites (N-methyl/N-ethyl adjacent to an activating group) is 1. The smallest absolute Gasteiger partial charge is 0.243 e. The van der Waals surface area contributed by atoms with Crippen molar-refractivity contribution >= 4 is 35.8 Å². The average molecular weight is 497 g/mol. The minimum Gasteiger partial charge on any atom is -0.382 e. The molecule has 0 aromatic carbocycles. The number of hydrogen-bond donors (Lipinski definition) is 1. The van der Waals surface area contributed by atoms with Gasteiger partial charge in [-0.05, 0) is 19.8 Å². The van der Waals surface area contributed by atoms with Crippen LogP contribution in [0.5, 0.6) is 0 Å². The predicted molar refractivity (Wildman–Crippen MR) is 118 cm³/mol. The molecule has 2 aliphatic heterocycles. The minimum atomic E-state index is 0. The molecule has 0 saturated carbocycles. The zero-order valence-electron chi connectivity index (χ0n) is 17.0. The zero-order valence-corrected chi connectivity index (χ0v) is 19.3. The van der Waals surface area contributed by atoms with E-state index in [1.165, 1.54) is 0 Å². The summed E-state index contributed by atoms with van der Waals surface area (Å²) in [5.41, 5.74) is 0. The normalized spacial score (nSPS) is 21.1. The van der Waals surface area contributed by atoms with E-state index in [2.05, 4.69) is 20.1 Å². The van der Waals surface area contributed by atoms with Gasteiger partial charge < -0.3 is 24.6 Å². The van der Waals surface area contributed by atoms with Gasteiger partial charge in [0.15, 0.2) is 5.96 Å². The fourth-order valence-electron chi connectivity index (χ4n) is 3.25. The molecule has 2 rings (SSSR count). The molecule has 0 bridgehead atoms. The van der Waals surface area contributed by atoms with Crippen LogP contribution in [0.3, 0.4) is 0 Å². The van der Waals surface area contributed by atoms with E-state index >= 15 is 0 Å². The topological polar surface area (TPSA) is 69.6 Å². The first-order valence-electron chi connectivity index (χ1n) is 9.74. The van der Waals surface area contributed by atoms with Crippen LogP contribution in [-0.2, 0) is 14.3 Å². The lowest BCUT2D eigenvalue weighted by Gasteiger charge is -2.32. The van der Waals surface area contributed by atoms with Crippen molar-refractivity contribution in [2.24, 2.45) is 4.99 Å². The molecule has 2 aliphatic rings. The van der Waals surface area contributed by atoms with Gasteiger partial charge in [0.2, 0.25) is 5.91 Å². The Balaban J connectivity index is 0.00000364. The van der Waals surface area contributed by atoms with Gasteiger partial charge in [0.25, 0.3) is 0 Å². The van der Waals surface area contributed by atoms with Gasteiger partial charge in [-0.1, -0.05) is 0 Å². The lowest BCUT2D eigenvalue weighted by atomic mass is 10.2. The molecule has 0 spiro atoms. The molecule has 0 aromatic heterocycles. The molecule has 2 heterocycles. The molecule has 0 aliphatic carbocycles. The summed E-state index contributed by atoms with van der Waals surface area (Å²) in [5.74, 6) is 0.856. The SMILES string of the molecule is CCOCCCNC(=NCC(=O)N(C)C)N1CCC(N2CCOCC2)C1.I. The van der Waals surface area contributed by atoms with E-state index in [9.17, 15) is 4.79 Å². The van der Waals surface area contributed by atoms with Crippen molar-refractivity contribution in [3.8, 4) is 0 Å². The first-order valence-corrected chi connectivity index (χ1v) is 9.74. The predicted octanol–water partition coefficient (Wildman–Crippen LogP) is 0.471. The fraction of sp³-hybridized carbons (Fsp3) is 0.889. The number of morpholine rings is 1. The Hall–Kier alpha value is -0.650. The summed E-state index contributed by atoms with van der Waals surface area (Å²) in [4.78, 5) is 22.9. The Morgan fingerprint density at radius 1 is 1.30 bits per heavy atom. The summed E-state index contributed by atoms with van der Waals surface area (Å²) in [7, 11) is 3.52. The molecule has 8 nitrogen and oxygen atoms in total. The molecule has 9 heteroatoms. The van der Waals surface area contributed by atoms with E-state index in [0.717, 1.165) is 78.0 Å². The van der Waals surface area contributed by atoms with E-state index in [1.54, 1.807) is 19.0 Å². The number of likely N-dealkylation sites (tertiary alicyclic amines) is 1. The van der Waals surface area contributed by atoms with Gasteiger partial charge >= 0.3 is 0 Å². The van der Waals surface area contributed by atoms with E-state index in [-0.39, 0.29) is 36.4 Å². The Kier molecular flexibility index (Phi) is 12.2. The van der Waals surface area contributed by atoms with Crippen LogP contribution in [0.25, 0.3) is 0 Å². The number of nitrogens with zero attached hydrogens (tertiary/aromatic N) is 4. The highest BCUT2D eigenvalue weighted by atomic mass is 127. The number of carbonyl (C=O) groups is 1. The van der Waals surface area contributed by atoms with E-state index in [4.69, 9.17) is 9.47 Å². The lowest BCUT2D eigenvalue weighted by Crippen LogP contribution is -2.47. The van der Waals surface area contributed by atoms with Crippen LogP contribution >= 0.6 is 24.0 Å². The zero-order chi connectivity index (χ0) is 18.8. The second kappa shape index (κ2) is 13.5. The van der Waals surface area contributed by atoms with Gasteiger partial charge in [0.1, 0.15) is 6.54 Å². The largest absolute Gasteiger partial charge is 0.382 e. The Morgan fingerprint density at radius 3 is 2.70 bits per heavy atom. The van der Waals surface area contributed by atoms with Crippen molar-refractivity contribution in [3.05, 3.63) is 0 Å². The summed E-state index contributed by atoms with van der Waals surface area (Å²) in [6.07, 6.45) is 2.05. The summed E-state index contributed by atoms with van der Waals surface area (Å²) < 4.78 is 10.9. The van der Waals surface area contributed by atoms with Crippen molar-refractivity contribution in [2.75, 3.05) is 79.8 Å². The molecular weight excluding hydrogens is 461 g/mol. The molecule has 1 atom stereocenters.